The van der Waals surface area contributed by atoms with Gasteiger partial charge in [0.25, 0.3) is 0 Å². The van der Waals surface area contributed by atoms with E-state index in [1.165, 1.54) is 31.4 Å². The van der Waals surface area contributed by atoms with Crippen LogP contribution in [0.1, 0.15) is 19.4 Å². The van der Waals surface area contributed by atoms with Gasteiger partial charge in [-0.3, -0.25) is 9.59 Å². The van der Waals surface area contributed by atoms with Gasteiger partial charge >= 0.3 is 0 Å². The number of ether oxygens (including phenoxy) is 1. The van der Waals surface area contributed by atoms with Crippen LogP contribution in [0.3, 0.4) is 0 Å². The first-order valence-electron chi connectivity index (χ1n) is 11.1. The van der Waals surface area contributed by atoms with E-state index >= 15 is 0 Å². The molecule has 1 N–H and O–H groups in total. The Morgan fingerprint density at radius 1 is 0.971 bits per heavy atom. The van der Waals surface area contributed by atoms with E-state index in [2.05, 4.69) is 4.72 Å². The van der Waals surface area contributed by atoms with E-state index < -0.39 is 16.1 Å². The van der Waals surface area contributed by atoms with Crippen LogP contribution in [0.25, 0.3) is 0 Å². The first-order valence-corrected chi connectivity index (χ1v) is 12.6. The van der Waals surface area contributed by atoms with Crippen molar-refractivity contribution in [3.8, 4) is 5.75 Å². The van der Waals surface area contributed by atoms with E-state index in [4.69, 9.17) is 4.74 Å². The zero-order valence-electron chi connectivity index (χ0n) is 19.5. The zero-order valence-corrected chi connectivity index (χ0v) is 20.3. The summed E-state index contributed by atoms with van der Waals surface area (Å²) >= 11 is 0. The van der Waals surface area contributed by atoms with E-state index in [1.54, 1.807) is 47.9 Å². The molecule has 0 bridgehead atoms. The van der Waals surface area contributed by atoms with Crippen LogP contribution in [0.5, 0.6) is 5.75 Å². The summed E-state index contributed by atoms with van der Waals surface area (Å²) < 4.78 is 46.4. The third-order valence-electron chi connectivity index (χ3n) is 5.80. The number of halogens is 1. The second-order valence-corrected chi connectivity index (χ2v) is 10.2. The number of nitrogens with zero attached hydrogens (tertiary/aromatic N) is 2. The molecule has 10 heteroatoms. The summed E-state index contributed by atoms with van der Waals surface area (Å²) in [7, 11) is -2.43. The molecule has 0 unspecified atom stereocenters. The number of carbonyl (C=O) groups excluding carboxylic acids is 2. The lowest BCUT2D eigenvalue weighted by atomic mass is 10.0. The van der Waals surface area contributed by atoms with E-state index in [9.17, 15) is 22.4 Å². The lowest BCUT2D eigenvalue weighted by Gasteiger charge is -2.37. The van der Waals surface area contributed by atoms with Gasteiger partial charge in [-0.2, -0.15) is 4.72 Å². The molecular weight excluding hydrogens is 461 g/mol. The molecule has 2 aromatic carbocycles. The van der Waals surface area contributed by atoms with Crippen LogP contribution in [-0.2, 0) is 26.0 Å². The lowest BCUT2D eigenvalue weighted by molar-refractivity contribution is -0.140. The average Bonchev–Trinajstić information content (AvgIpc) is 2.83. The number of rotatable bonds is 8. The molecule has 1 atom stereocenters. The van der Waals surface area contributed by atoms with E-state index in [0.29, 0.717) is 31.9 Å². The van der Waals surface area contributed by atoms with Crippen LogP contribution in [0.15, 0.2) is 53.4 Å². The van der Waals surface area contributed by atoms with Crippen molar-refractivity contribution in [3.63, 3.8) is 0 Å². The van der Waals surface area contributed by atoms with Crippen molar-refractivity contribution in [2.24, 2.45) is 5.92 Å². The molecule has 1 aliphatic rings. The quantitative estimate of drug-likeness (QED) is 0.610. The molecule has 1 aliphatic heterocycles. The first kappa shape index (κ1) is 25.6. The van der Waals surface area contributed by atoms with Crippen LogP contribution in [0.4, 0.5) is 4.39 Å². The van der Waals surface area contributed by atoms with Crippen molar-refractivity contribution < 1.29 is 27.1 Å². The second-order valence-electron chi connectivity index (χ2n) is 8.53. The number of piperazine rings is 1. The molecular formula is C24H30FN3O5S. The minimum atomic E-state index is -3.92. The fourth-order valence-corrected chi connectivity index (χ4v) is 5.06. The highest BCUT2D eigenvalue weighted by atomic mass is 32.2. The van der Waals surface area contributed by atoms with Crippen molar-refractivity contribution in [2.75, 3.05) is 33.3 Å². The Labute approximate surface area is 199 Å². The molecule has 0 spiro atoms. The lowest BCUT2D eigenvalue weighted by Crippen LogP contribution is -2.57. The molecule has 184 valence electrons. The van der Waals surface area contributed by atoms with Gasteiger partial charge in [0, 0.05) is 26.2 Å². The molecule has 3 rings (SSSR count). The maximum atomic E-state index is 13.2. The predicted octanol–water partition coefficient (Wildman–Crippen LogP) is 2.05. The van der Waals surface area contributed by atoms with Crippen LogP contribution in [0, 0.1) is 11.7 Å². The van der Waals surface area contributed by atoms with Gasteiger partial charge < -0.3 is 14.5 Å². The molecule has 8 nitrogen and oxygen atoms in total. The highest BCUT2D eigenvalue weighted by Crippen LogP contribution is 2.18. The summed E-state index contributed by atoms with van der Waals surface area (Å²) in [5.41, 5.74) is 0.720. The standard InChI is InChI=1S/C24H30FN3O5S/c1-17(2)23(26-34(31,32)21-10-8-20(33-3)9-11-21)24(30)28-14-12-27(13-15-28)22(29)16-18-4-6-19(25)7-5-18/h4-11,17,23,26H,12-16H2,1-3H3/t23-/m0/s1. The van der Waals surface area contributed by atoms with Crippen LogP contribution in [-0.4, -0.2) is 69.4 Å². The number of sulfonamides is 1. The Morgan fingerprint density at radius 3 is 2.06 bits per heavy atom. The summed E-state index contributed by atoms with van der Waals surface area (Å²) in [6.07, 6.45) is 0.157. The van der Waals surface area contributed by atoms with Crippen LogP contribution < -0.4 is 9.46 Å². The van der Waals surface area contributed by atoms with Crippen LogP contribution in [0.2, 0.25) is 0 Å². The number of nitrogens with one attached hydrogen (secondary N) is 1. The number of methoxy groups -OCH3 is 1. The van der Waals surface area contributed by atoms with Gasteiger partial charge in [0.2, 0.25) is 21.8 Å². The Balaban J connectivity index is 1.60. The molecule has 1 saturated heterocycles. The van der Waals surface area contributed by atoms with Gasteiger partial charge in [0.05, 0.1) is 18.4 Å². The fraction of sp³-hybridized carbons (Fsp3) is 0.417. The van der Waals surface area contributed by atoms with Gasteiger partial charge in [0.15, 0.2) is 0 Å². The monoisotopic (exact) mass is 491 g/mol. The van der Waals surface area contributed by atoms with Crippen molar-refractivity contribution in [2.45, 2.75) is 31.2 Å². The van der Waals surface area contributed by atoms with Crippen molar-refractivity contribution in [3.05, 3.63) is 59.9 Å². The Hall–Kier alpha value is -2.98. The van der Waals surface area contributed by atoms with Crippen molar-refractivity contribution in [1.82, 2.24) is 14.5 Å². The zero-order chi connectivity index (χ0) is 24.9. The third-order valence-corrected chi connectivity index (χ3v) is 7.25. The Bertz CT molecular complexity index is 1100. The molecule has 34 heavy (non-hydrogen) atoms. The molecule has 2 aromatic rings. The summed E-state index contributed by atoms with van der Waals surface area (Å²) in [4.78, 5) is 29.1. The second kappa shape index (κ2) is 11.0. The fourth-order valence-electron chi connectivity index (χ4n) is 3.72. The minimum Gasteiger partial charge on any atom is -0.497 e. The molecule has 0 aliphatic carbocycles. The summed E-state index contributed by atoms with van der Waals surface area (Å²) in [5, 5.41) is 0. The van der Waals surface area contributed by atoms with Gasteiger partial charge in [-0.05, 0) is 47.9 Å². The normalized spacial score (nSPS) is 15.3. The van der Waals surface area contributed by atoms with Gasteiger partial charge in [-0.1, -0.05) is 26.0 Å². The molecule has 1 heterocycles. The maximum absolute atomic E-state index is 13.2. The maximum Gasteiger partial charge on any atom is 0.241 e. The summed E-state index contributed by atoms with van der Waals surface area (Å²) in [6, 6.07) is 10.8. The van der Waals surface area contributed by atoms with Gasteiger partial charge in [-0.25, -0.2) is 12.8 Å². The highest BCUT2D eigenvalue weighted by Gasteiger charge is 2.33. The summed E-state index contributed by atoms with van der Waals surface area (Å²) in [5.74, 6) is -0.524. The predicted molar refractivity (Wildman–Crippen MR) is 125 cm³/mol. The number of amides is 2. The molecule has 0 radical (unpaired) electrons. The van der Waals surface area contributed by atoms with Crippen LogP contribution >= 0.6 is 0 Å². The largest absolute Gasteiger partial charge is 0.497 e. The Kier molecular flexibility index (Phi) is 8.27. The summed E-state index contributed by atoms with van der Waals surface area (Å²) in [6.45, 7) is 4.87. The van der Waals surface area contributed by atoms with Crippen molar-refractivity contribution >= 4 is 21.8 Å². The molecule has 0 aromatic heterocycles. The topological polar surface area (TPSA) is 96.0 Å². The highest BCUT2D eigenvalue weighted by molar-refractivity contribution is 7.89. The SMILES string of the molecule is COc1ccc(S(=O)(=O)N[C@H](C(=O)N2CCN(C(=O)Cc3ccc(F)cc3)CC2)C(C)C)cc1. The first-order chi connectivity index (χ1) is 16.1. The van der Waals surface area contributed by atoms with Crippen molar-refractivity contribution in [1.29, 1.82) is 0 Å². The van der Waals surface area contributed by atoms with E-state index in [0.717, 1.165) is 5.56 Å². The number of carbonyl (C=O) groups is 2. The minimum absolute atomic E-state index is 0.0444. The number of hydrogen-bond acceptors (Lipinski definition) is 5. The average molecular weight is 492 g/mol. The van der Waals surface area contributed by atoms with Gasteiger partial charge in [-0.15, -0.1) is 0 Å². The van der Waals surface area contributed by atoms with E-state index in [1.807, 2.05) is 0 Å². The molecule has 0 saturated carbocycles. The third kappa shape index (κ3) is 6.32. The smallest absolute Gasteiger partial charge is 0.241 e. The molecule has 1 fully saturated rings. The molecule has 2 amide bonds. The Morgan fingerprint density at radius 2 is 1.53 bits per heavy atom. The van der Waals surface area contributed by atoms with E-state index in [-0.39, 0.29) is 34.9 Å². The number of benzene rings is 2. The van der Waals surface area contributed by atoms with Gasteiger partial charge in [0.1, 0.15) is 17.6 Å². The number of hydrogen-bond donors (Lipinski definition) is 1.